The third-order valence-electron chi connectivity index (χ3n) is 2.21. The van der Waals surface area contributed by atoms with Crippen LogP contribution >= 0.6 is 11.6 Å². The highest BCUT2D eigenvalue weighted by atomic mass is 35.5. The van der Waals surface area contributed by atoms with Crippen LogP contribution in [0.15, 0.2) is 22.7 Å². The Hall–Kier alpha value is -2.21. The Balaban J connectivity index is 2.63. The molecular formula is C11H10ClN3O3. The van der Waals surface area contributed by atoms with Crippen LogP contribution in [0.3, 0.4) is 0 Å². The van der Waals surface area contributed by atoms with E-state index in [0.717, 1.165) is 0 Å². The third kappa shape index (κ3) is 2.23. The fraction of sp³-hybridized carbons (Fsp3) is 0.0909. The second kappa shape index (κ2) is 4.58. The zero-order chi connectivity index (χ0) is 13.3. The summed E-state index contributed by atoms with van der Waals surface area (Å²) in [5.74, 6) is -0.0313. The van der Waals surface area contributed by atoms with Gasteiger partial charge in [0.25, 0.3) is 0 Å². The molecule has 0 atom stereocenters. The van der Waals surface area contributed by atoms with Crippen molar-refractivity contribution in [2.75, 3.05) is 11.1 Å². The molecule has 1 heterocycles. The Kier molecular flexibility index (Phi) is 3.12. The van der Waals surface area contributed by atoms with Crippen molar-refractivity contribution in [3.63, 3.8) is 0 Å². The number of hydrogen-bond acceptors (Lipinski definition) is 5. The number of phenolic OH excluding ortho intramolecular Hbond substituents is 1. The van der Waals surface area contributed by atoms with E-state index < -0.39 is 0 Å². The highest BCUT2D eigenvalue weighted by Gasteiger charge is 2.18. The van der Waals surface area contributed by atoms with Gasteiger partial charge in [-0.05, 0) is 12.1 Å². The van der Waals surface area contributed by atoms with Crippen molar-refractivity contribution >= 4 is 29.0 Å². The minimum absolute atomic E-state index is 0.125. The second-order valence-corrected chi connectivity index (χ2v) is 4.02. The first-order valence-corrected chi connectivity index (χ1v) is 5.38. The third-order valence-corrected chi connectivity index (χ3v) is 2.52. The van der Waals surface area contributed by atoms with Gasteiger partial charge in [-0.3, -0.25) is 4.79 Å². The molecule has 7 heteroatoms. The second-order valence-electron chi connectivity index (χ2n) is 3.61. The number of nitrogens with zero attached hydrogens (tertiary/aromatic N) is 1. The van der Waals surface area contributed by atoms with Gasteiger partial charge in [-0.1, -0.05) is 16.8 Å². The van der Waals surface area contributed by atoms with Crippen LogP contribution < -0.4 is 11.1 Å². The number of amides is 1. The molecule has 0 fully saturated rings. The number of phenols is 1. The Labute approximate surface area is 107 Å². The van der Waals surface area contributed by atoms with Crippen LogP contribution in [0.25, 0.3) is 11.3 Å². The maximum atomic E-state index is 11.1. The number of nitrogen functional groups attached to an aromatic ring is 1. The summed E-state index contributed by atoms with van der Waals surface area (Å²) >= 11 is 6.04. The number of carbonyl (C=O) groups is 1. The molecule has 0 bridgehead atoms. The topological polar surface area (TPSA) is 101 Å². The fourth-order valence-corrected chi connectivity index (χ4v) is 1.77. The molecule has 0 aliphatic carbocycles. The molecule has 2 rings (SSSR count). The molecule has 1 aromatic carbocycles. The van der Waals surface area contributed by atoms with Crippen LogP contribution in [0.5, 0.6) is 5.75 Å². The van der Waals surface area contributed by atoms with Crippen molar-refractivity contribution in [3.05, 3.63) is 23.2 Å². The molecule has 0 saturated heterocycles. The standard InChI is InChI=1S/C11H10ClN3O3/c1-5(16)14-11-7(17)3-2-6(12)10(11)8-4-9(13)15-18-8/h2-4,17H,1H3,(H2,13,15)(H,14,16). The average Bonchev–Trinajstić information content (AvgIpc) is 2.70. The van der Waals surface area contributed by atoms with E-state index in [1.165, 1.54) is 25.1 Å². The summed E-state index contributed by atoms with van der Waals surface area (Å²) in [5, 5.41) is 16.1. The largest absolute Gasteiger partial charge is 0.506 e. The number of benzene rings is 1. The molecule has 0 unspecified atom stereocenters. The van der Waals surface area contributed by atoms with Crippen molar-refractivity contribution in [2.45, 2.75) is 6.92 Å². The molecule has 0 saturated carbocycles. The van der Waals surface area contributed by atoms with Crippen LogP contribution in [0.2, 0.25) is 5.02 Å². The summed E-state index contributed by atoms with van der Waals surface area (Å²) in [6.45, 7) is 1.32. The summed E-state index contributed by atoms with van der Waals surface area (Å²) in [5.41, 5.74) is 5.95. The summed E-state index contributed by atoms with van der Waals surface area (Å²) in [6, 6.07) is 4.30. The first kappa shape index (κ1) is 12.3. The van der Waals surface area contributed by atoms with Gasteiger partial charge >= 0.3 is 0 Å². The summed E-state index contributed by atoms with van der Waals surface area (Å²) < 4.78 is 4.99. The lowest BCUT2D eigenvalue weighted by atomic mass is 10.1. The number of nitrogens with two attached hydrogens (primary N) is 1. The number of aromatic nitrogens is 1. The van der Waals surface area contributed by atoms with E-state index in [0.29, 0.717) is 10.6 Å². The normalized spacial score (nSPS) is 10.3. The highest BCUT2D eigenvalue weighted by molar-refractivity contribution is 6.34. The minimum atomic E-state index is -0.346. The first-order valence-electron chi connectivity index (χ1n) is 5.00. The van der Waals surface area contributed by atoms with Crippen LogP contribution in [0.1, 0.15) is 6.92 Å². The van der Waals surface area contributed by atoms with E-state index >= 15 is 0 Å². The zero-order valence-corrected chi connectivity index (χ0v) is 10.2. The molecule has 6 nitrogen and oxygen atoms in total. The Morgan fingerprint density at radius 3 is 2.83 bits per heavy atom. The van der Waals surface area contributed by atoms with Crippen LogP contribution in [-0.4, -0.2) is 16.2 Å². The smallest absolute Gasteiger partial charge is 0.221 e. The van der Waals surface area contributed by atoms with Crippen LogP contribution in [0, 0.1) is 0 Å². The SMILES string of the molecule is CC(=O)Nc1c(O)ccc(Cl)c1-c1cc(N)no1. The molecular weight excluding hydrogens is 258 g/mol. The van der Waals surface area contributed by atoms with E-state index in [1.807, 2.05) is 0 Å². The number of halogens is 1. The van der Waals surface area contributed by atoms with E-state index in [4.69, 9.17) is 21.9 Å². The van der Waals surface area contributed by atoms with Gasteiger partial charge in [-0.25, -0.2) is 0 Å². The van der Waals surface area contributed by atoms with Crippen molar-refractivity contribution < 1.29 is 14.4 Å². The lowest BCUT2D eigenvalue weighted by Gasteiger charge is -2.11. The summed E-state index contributed by atoms with van der Waals surface area (Å²) in [6.07, 6.45) is 0. The predicted octanol–water partition coefficient (Wildman–Crippen LogP) is 2.24. The Bertz CT molecular complexity index is 610. The van der Waals surface area contributed by atoms with Gasteiger partial charge in [0.15, 0.2) is 11.6 Å². The number of nitrogens with one attached hydrogen (secondary N) is 1. The Morgan fingerprint density at radius 2 is 2.28 bits per heavy atom. The molecule has 0 aliphatic heterocycles. The van der Waals surface area contributed by atoms with E-state index in [9.17, 15) is 9.90 Å². The summed E-state index contributed by atoms with van der Waals surface area (Å²) in [4.78, 5) is 11.1. The van der Waals surface area contributed by atoms with Gasteiger partial charge in [0, 0.05) is 13.0 Å². The molecule has 0 spiro atoms. The number of rotatable bonds is 2. The van der Waals surface area contributed by atoms with Crippen molar-refractivity contribution in [1.29, 1.82) is 0 Å². The number of aromatic hydroxyl groups is 1. The molecule has 18 heavy (non-hydrogen) atoms. The van der Waals surface area contributed by atoms with Crippen molar-refractivity contribution in [2.24, 2.45) is 0 Å². The fourth-order valence-electron chi connectivity index (χ4n) is 1.52. The van der Waals surface area contributed by atoms with Gasteiger partial charge in [0.2, 0.25) is 5.91 Å². The monoisotopic (exact) mass is 267 g/mol. The Morgan fingerprint density at radius 1 is 1.56 bits per heavy atom. The van der Waals surface area contributed by atoms with E-state index in [2.05, 4.69) is 10.5 Å². The minimum Gasteiger partial charge on any atom is -0.506 e. The van der Waals surface area contributed by atoms with E-state index in [-0.39, 0.29) is 28.9 Å². The number of carbonyl (C=O) groups excluding carboxylic acids is 1. The zero-order valence-electron chi connectivity index (χ0n) is 9.40. The number of anilines is 2. The molecule has 94 valence electrons. The maximum absolute atomic E-state index is 11.1. The maximum Gasteiger partial charge on any atom is 0.221 e. The molecule has 1 aromatic heterocycles. The van der Waals surface area contributed by atoms with E-state index in [1.54, 1.807) is 0 Å². The average molecular weight is 268 g/mol. The van der Waals surface area contributed by atoms with Crippen LogP contribution in [0.4, 0.5) is 11.5 Å². The molecule has 4 N–H and O–H groups in total. The van der Waals surface area contributed by atoms with Gasteiger partial charge in [-0.15, -0.1) is 0 Å². The van der Waals surface area contributed by atoms with Crippen molar-refractivity contribution in [1.82, 2.24) is 5.16 Å². The van der Waals surface area contributed by atoms with Crippen molar-refractivity contribution in [3.8, 4) is 17.1 Å². The van der Waals surface area contributed by atoms with Gasteiger partial charge in [0.05, 0.1) is 16.3 Å². The lowest BCUT2D eigenvalue weighted by Crippen LogP contribution is -2.07. The van der Waals surface area contributed by atoms with Gasteiger partial charge in [0.1, 0.15) is 5.75 Å². The molecule has 0 aliphatic rings. The van der Waals surface area contributed by atoms with Gasteiger partial charge < -0.3 is 20.7 Å². The lowest BCUT2D eigenvalue weighted by molar-refractivity contribution is -0.114. The number of hydrogen-bond donors (Lipinski definition) is 3. The molecule has 2 aromatic rings. The van der Waals surface area contributed by atoms with Crippen LogP contribution in [-0.2, 0) is 4.79 Å². The predicted molar refractivity (Wildman–Crippen MR) is 67.3 cm³/mol. The van der Waals surface area contributed by atoms with Gasteiger partial charge in [-0.2, -0.15) is 0 Å². The quantitative estimate of drug-likeness (QED) is 0.724. The molecule has 0 radical (unpaired) electrons. The first-order chi connectivity index (χ1) is 8.49. The summed E-state index contributed by atoms with van der Waals surface area (Å²) in [7, 11) is 0. The highest BCUT2D eigenvalue weighted by Crippen LogP contribution is 2.41. The molecule has 1 amide bonds.